The zero-order chi connectivity index (χ0) is 12.1. The number of hydrogen-bond donors (Lipinski definition) is 2. The Morgan fingerprint density at radius 2 is 2.24 bits per heavy atom. The minimum absolute atomic E-state index is 0.348. The predicted octanol–water partition coefficient (Wildman–Crippen LogP) is 2.65. The molecule has 0 radical (unpaired) electrons. The van der Waals surface area contributed by atoms with Gasteiger partial charge in [-0.15, -0.1) is 0 Å². The third kappa shape index (κ3) is 3.57. The van der Waals surface area contributed by atoms with Crippen LogP contribution in [0.1, 0.15) is 10.4 Å². The molecular formula is C12H15NO2S2. The second-order valence-corrected chi connectivity index (χ2v) is 6.36. The van der Waals surface area contributed by atoms with Gasteiger partial charge in [-0.05, 0) is 12.1 Å². The lowest BCUT2D eigenvalue weighted by Gasteiger charge is -2.22. The lowest BCUT2D eigenvalue weighted by molar-refractivity contribution is 0.0698. The van der Waals surface area contributed by atoms with E-state index in [4.69, 9.17) is 5.11 Å². The van der Waals surface area contributed by atoms with E-state index in [0.29, 0.717) is 10.8 Å². The number of carboxylic acids is 1. The highest BCUT2D eigenvalue weighted by Gasteiger charge is 2.15. The van der Waals surface area contributed by atoms with Gasteiger partial charge in [0.15, 0.2) is 0 Å². The number of nitrogens with one attached hydrogen (secondary N) is 1. The molecule has 1 heterocycles. The van der Waals surface area contributed by atoms with Crippen molar-refractivity contribution < 1.29 is 9.90 Å². The lowest BCUT2D eigenvalue weighted by Crippen LogP contribution is -2.23. The summed E-state index contributed by atoms with van der Waals surface area (Å²) in [7, 11) is 0. The molecule has 1 aromatic rings. The van der Waals surface area contributed by atoms with Crippen LogP contribution in [0.5, 0.6) is 0 Å². The van der Waals surface area contributed by atoms with E-state index in [9.17, 15) is 4.79 Å². The van der Waals surface area contributed by atoms with Crippen LogP contribution in [0.25, 0.3) is 0 Å². The first-order valence-corrected chi connectivity index (χ1v) is 7.73. The molecule has 0 spiro atoms. The first kappa shape index (κ1) is 12.6. The summed E-state index contributed by atoms with van der Waals surface area (Å²) in [6, 6.07) is 7.06. The molecule has 1 aliphatic rings. The monoisotopic (exact) mass is 269 g/mol. The molecule has 92 valence electrons. The molecule has 1 aromatic carbocycles. The number of carbonyl (C=O) groups is 1. The fourth-order valence-corrected chi connectivity index (χ4v) is 4.31. The zero-order valence-corrected chi connectivity index (χ0v) is 11.0. The second kappa shape index (κ2) is 6.21. The molecule has 0 aliphatic carbocycles. The lowest BCUT2D eigenvalue weighted by atomic mass is 10.2. The molecule has 0 aromatic heterocycles. The number of aromatic carboxylic acids is 1. The molecule has 1 saturated heterocycles. The van der Waals surface area contributed by atoms with E-state index in [1.54, 1.807) is 12.1 Å². The summed E-state index contributed by atoms with van der Waals surface area (Å²) >= 11 is 3.94. The van der Waals surface area contributed by atoms with Gasteiger partial charge >= 0.3 is 5.97 Å². The Morgan fingerprint density at radius 1 is 1.41 bits per heavy atom. The van der Waals surface area contributed by atoms with E-state index in [1.807, 2.05) is 35.7 Å². The van der Waals surface area contributed by atoms with Gasteiger partial charge in [-0.2, -0.15) is 23.5 Å². The molecule has 0 bridgehead atoms. The van der Waals surface area contributed by atoms with E-state index in [1.165, 1.54) is 11.5 Å². The fourth-order valence-electron chi connectivity index (χ4n) is 1.70. The van der Waals surface area contributed by atoms with Gasteiger partial charge in [-0.1, -0.05) is 12.1 Å². The van der Waals surface area contributed by atoms with Crippen LogP contribution in [0.2, 0.25) is 0 Å². The van der Waals surface area contributed by atoms with Crippen molar-refractivity contribution in [2.24, 2.45) is 0 Å². The summed E-state index contributed by atoms with van der Waals surface area (Å²) in [5.74, 6) is 2.69. The summed E-state index contributed by atoms with van der Waals surface area (Å²) in [5, 5.41) is 12.9. The number of thioether (sulfide) groups is 2. The van der Waals surface area contributed by atoms with Crippen LogP contribution in [-0.2, 0) is 0 Å². The third-order valence-corrected chi connectivity index (χ3v) is 5.41. The van der Waals surface area contributed by atoms with Gasteiger partial charge in [0.05, 0.1) is 5.56 Å². The minimum atomic E-state index is -0.876. The number of hydrogen-bond acceptors (Lipinski definition) is 4. The summed E-state index contributed by atoms with van der Waals surface area (Å²) in [5.41, 5.74) is 1.07. The van der Waals surface area contributed by atoms with Gasteiger partial charge in [-0.3, -0.25) is 0 Å². The van der Waals surface area contributed by atoms with Crippen molar-refractivity contribution in [1.82, 2.24) is 0 Å². The Balaban J connectivity index is 1.96. The molecule has 0 amide bonds. The average Bonchev–Trinajstić information content (AvgIpc) is 2.38. The van der Waals surface area contributed by atoms with Crippen LogP contribution >= 0.6 is 23.5 Å². The number of rotatable bonds is 4. The number of benzene rings is 1. The standard InChI is InChI=1S/C12H15NO2S2/c14-12(15)10-3-1-2-4-11(10)13-7-9-8-16-5-6-17-9/h1-4,9,13H,5-8H2,(H,14,15). The molecule has 3 nitrogen and oxygen atoms in total. The number of carboxylic acid groups (broad SMARTS) is 1. The van der Waals surface area contributed by atoms with Crippen molar-refractivity contribution >= 4 is 35.2 Å². The Labute approximate surface area is 109 Å². The van der Waals surface area contributed by atoms with Crippen LogP contribution in [0.3, 0.4) is 0 Å². The van der Waals surface area contributed by atoms with Gasteiger partial charge in [0.2, 0.25) is 0 Å². The van der Waals surface area contributed by atoms with Crippen LogP contribution in [0.4, 0.5) is 5.69 Å². The SMILES string of the molecule is O=C(O)c1ccccc1NCC1CSCCS1. The Kier molecular flexibility index (Phi) is 4.62. The second-order valence-electron chi connectivity index (χ2n) is 3.80. The average molecular weight is 269 g/mol. The van der Waals surface area contributed by atoms with Crippen molar-refractivity contribution in [2.75, 3.05) is 29.1 Å². The smallest absolute Gasteiger partial charge is 0.337 e. The maximum Gasteiger partial charge on any atom is 0.337 e. The van der Waals surface area contributed by atoms with Gasteiger partial charge in [-0.25, -0.2) is 4.79 Å². The first-order chi connectivity index (χ1) is 8.27. The Morgan fingerprint density at radius 3 is 2.94 bits per heavy atom. The highest BCUT2D eigenvalue weighted by atomic mass is 32.2. The van der Waals surface area contributed by atoms with Gasteiger partial charge < -0.3 is 10.4 Å². The molecule has 2 rings (SSSR count). The van der Waals surface area contributed by atoms with Crippen molar-refractivity contribution in [2.45, 2.75) is 5.25 Å². The summed E-state index contributed by atoms with van der Waals surface area (Å²) in [6.07, 6.45) is 0. The van der Waals surface area contributed by atoms with Crippen LogP contribution in [0, 0.1) is 0 Å². The number of anilines is 1. The minimum Gasteiger partial charge on any atom is -0.478 e. The first-order valence-electron chi connectivity index (χ1n) is 5.53. The summed E-state index contributed by atoms with van der Waals surface area (Å²) in [4.78, 5) is 11.0. The van der Waals surface area contributed by atoms with E-state index in [-0.39, 0.29) is 0 Å². The summed E-state index contributed by atoms with van der Waals surface area (Å²) in [6.45, 7) is 0.835. The van der Waals surface area contributed by atoms with Crippen molar-refractivity contribution in [3.8, 4) is 0 Å². The maximum atomic E-state index is 11.0. The van der Waals surface area contributed by atoms with Crippen LogP contribution in [0.15, 0.2) is 24.3 Å². The Hall–Kier alpha value is -0.810. The molecule has 5 heteroatoms. The largest absolute Gasteiger partial charge is 0.478 e. The Bertz CT molecular complexity index is 392. The molecule has 1 unspecified atom stereocenters. The quantitative estimate of drug-likeness (QED) is 0.880. The molecular weight excluding hydrogens is 254 g/mol. The topological polar surface area (TPSA) is 49.3 Å². The molecule has 0 saturated carbocycles. The predicted molar refractivity (Wildman–Crippen MR) is 75.5 cm³/mol. The van der Waals surface area contributed by atoms with E-state index in [0.717, 1.165) is 18.0 Å². The highest BCUT2D eigenvalue weighted by molar-refractivity contribution is 8.06. The molecule has 1 atom stereocenters. The maximum absolute atomic E-state index is 11.0. The third-order valence-electron chi connectivity index (χ3n) is 2.56. The summed E-state index contributed by atoms with van der Waals surface area (Å²) < 4.78 is 0. The van der Waals surface area contributed by atoms with E-state index in [2.05, 4.69) is 5.32 Å². The van der Waals surface area contributed by atoms with E-state index >= 15 is 0 Å². The van der Waals surface area contributed by atoms with Crippen LogP contribution in [-0.4, -0.2) is 40.1 Å². The van der Waals surface area contributed by atoms with Crippen molar-refractivity contribution in [3.63, 3.8) is 0 Å². The fraction of sp³-hybridized carbons (Fsp3) is 0.417. The molecule has 2 N–H and O–H groups in total. The highest BCUT2D eigenvalue weighted by Crippen LogP contribution is 2.24. The zero-order valence-electron chi connectivity index (χ0n) is 9.39. The number of para-hydroxylation sites is 1. The van der Waals surface area contributed by atoms with Gasteiger partial charge in [0.1, 0.15) is 0 Å². The van der Waals surface area contributed by atoms with Crippen LogP contribution < -0.4 is 5.32 Å². The molecule has 1 fully saturated rings. The van der Waals surface area contributed by atoms with Gasteiger partial charge in [0, 0.05) is 34.7 Å². The van der Waals surface area contributed by atoms with Crippen molar-refractivity contribution in [1.29, 1.82) is 0 Å². The normalized spacial score (nSPS) is 19.9. The molecule has 1 aliphatic heterocycles. The molecule has 17 heavy (non-hydrogen) atoms. The van der Waals surface area contributed by atoms with Crippen molar-refractivity contribution in [3.05, 3.63) is 29.8 Å². The van der Waals surface area contributed by atoms with E-state index < -0.39 is 5.97 Å². The van der Waals surface area contributed by atoms with Gasteiger partial charge in [0.25, 0.3) is 0 Å².